The van der Waals surface area contributed by atoms with E-state index in [-0.39, 0.29) is 0 Å². The van der Waals surface area contributed by atoms with Crippen molar-refractivity contribution in [3.05, 3.63) is 0 Å². The van der Waals surface area contributed by atoms with E-state index in [9.17, 15) is 10.2 Å². The Morgan fingerprint density at radius 1 is 0.923 bits per heavy atom. The lowest BCUT2D eigenvalue weighted by Gasteiger charge is -2.21. The summed E-state index contributed by atoms with van der Waals surface area (Å²) in [6.45, 7) is 6.50. The smallest absolute Gasteiger partial charge is 0.0830 e. The van der Waals surface area contributed by atoms with Gasteiger partial charge in [0.05, 0.1) is 12.2 Å². The highest BCUT2D eigenvalue weighted by Gasteiger charge is 2.45. The molecule has 78 valence electrons. The Kier molecular flexibility index (Phi) is 3.74. The third-order valence-electron chi connectivity index (χ3n) is 2.83. The molecule has 2 aliphatic carbocycles. The maximum Gasteiger partial charge on any atom is 0.0830 e. The molecule has 2 bridgehead atoms. The summed E-state index contributed by atoms with van der Waals surface area (Å²) in [5, 5.41) is 18.5. The molecule has 2 rings (SSSR count). The Morgan fingerprint density at radius 2 is 1.23 bits per heavy atom. The molecule has 2 nitrogen and oxygen atoms in total. The SMILES string of the molecule is CC(C)C.OC1C2CCC(C2)C1O. The first-order valence-electron chi connectivity index (χ1n) is 5.38. The van der Waals surface area contributed by atoms with E-state index in [1.807, 2.05) is 0 Å². The van der Waals surface area contributed by atoms with Crippen molar-refractivity contribution in [2.24, 2.45) is 17.8 Å². The van der Waals surface area contributed by atoms with Crippen molar-refractivity contribution < 1.29 is 10.2 Å². The summed E-state index contributed by atoms with van der Waals surface area (Å²) in [4.78, 5) is 0. The highest BCUT2D eigenvalue weighted by Crippen LogP contribution is 2.44. The monoisotopic (exact) mass is 186 g/mol. The lowest BCUT2D eigenvalue weighted by atomic mass is 9.95. The van der Waals surface area contributed by atoms with Crippen LogP contribution in [0.25, 0.3) is 0 Å². The van der Waals surface area contributed by atoms with Gasteiger partial charge in [-0.25, -0.2) is 0 Å². The number of rotatable bonds is 0. The van der Waals surface area contributed by atoms with E-state index >= 15 is 0 Å². The third kappa shape index (κ3) is 2.68. The summed E-state index contributed by atoms with van der Waals surface area (Å²) in [6, 6.07) is 0. The normalized spacial score (nSPS) is 42.0. The van der Waals surface area contributed by atoms with Crippen molar-refractivity contribution >= 4 is 0 Å². The van der Waals surface area contributed by atoms with Crippen LogP contribution in [0.4, 0.5) is 0 Å². The van der Waals surface area contributed by atoms with Gasteiger partial charge in [-0.1, -0.05) is 20.8 Å². The molecule has 2 N–H and O–H groups in total. The van der Waals surface area contributed by atoms with Gasteiger partial charge in [-0.05, 0) is 37.0 Å². The van der Waals surface area contributed by atoms with Crippen LogP contribution in [-0.4, -0.2) is 22.4 Å². The third-order valence-corrected chi connectivity index (χ3v) is 2.83. The Morgan fingerprint density at radius 3 is 1.38 bits per heavy atom. The molecule has 0 aromatic heterocycles. The van der Waals surface area contributed by atoms with Gasteiger partial charge < -0.3 is 10.2 Å². The lowest BCUT2D eigenvalue weighted by molar-refractivity contribution is -0.0160. The minimum atomic E-state index is -0.399. The summed E-state index contributed by atoms with van der Waals surface area (Å²) in [5.74, 6) is 1.68. The fraction of sp³-hybridized carbons (Fsp3) is 1.00. The standard InChI is InChI=1S/C7H12O2.C4H10/c8-6-4-1-2-5(3-4)7(6)9;1-4(2)3/h4-9H,1-3H2;4H,1-3H3. The second-order valence-electron chi connectivity index (χ2n) is 5.05. The van der Waals surface area contributed by atoms with E-state index in [0.717, 1.165) is 25.2 Å². The molecule has 13 heavy (non-hydrogen) atoms. The fourth-order valence-electron chi connectivity index (χ4n) is 2.23. The van der Waals surface area contributed by atoms with Crippen LogP contribution >= 0.6 is 0 Å². The van der Waals surface area contributed by atoms with Crippen molar-refractivity contribution in [1.82, 2.24) is 0 Å². The molecule has 0 saturated heterocycles. The average Bonchev–Trinajstić information content (AvgIpc) is 2.55. The van der Waals surface area contributed by atoms with Gasteiger partial charge in [0, 0.05) is 0 Å². The predicted molar refractivity (Wildman–Crippen MR) is 53.4 cm³/mol. The van der Waals surface area contributed by atoms with Crippen LogP contribution in [0, 0.1) is 17.8 Å². The maximum atomic E-state index is 9.24. The zero-order valence-electron chi connectivity index (χ0n) is 8.90. The minimum absolute atomic E-state index is 0.399. The molecular formula is C11H22O2. The van der Waals surface area contributed by atoms with Crippen LogP contribution in [0.15, 0.2) is 0 Å². The highest BCUT2D eigenvalue weighted by atomic mass is 16.3. The minimum Gasteiger partial charge on any atom is -0.390 e. The first-order chi connectivity index (χ1) is 6.02. The molecule has 0 aromatic carbocycles. The molecule has 0 spiro atoms. The first kappa shape index (κ1) is 11.0. The number of hydrogen-bond acceptors (Lipinski definition) is 2. The lowest BCUT2D eigenvalue weighted by Crippen LogP contribution is -2.31. The molecule has 4 unspecified atom stereocenters. The summed E-state index contributed by atoms with van der Waals surface area (Å²) >= 11 is 0. The maximum absolute atomic E-state index is 9.24. The summed E-state index contributed by atoms with van der Waals surface area (Å²) < 4.78 is 0. The van der Waals surface area contributed by atoms with Crippen molar-refractivity contribution in [1.29, 1.82) is 0 Å². The molecule has 0 radical (unpaired) electrons. The summed E-state index contributed by atoms with van der Waals surface area (Å²) in [5.41, 5.74) is 0. The Balaban J connectivity index is 0.000000184. The molecule has 2 aliphatic rings. The van der Waals surface area contributed by atoms with Gasteiger partial charge in [-0.15, -0.1) is 0 Å². The van der Waals surface area contributed by atoms with Gasteiger partial charge in [0.1, 0.15) is 0 Å². The average molecular weight is 186 g/mol. The van der Waals surface area contributed by atoms with Gasteiger partial charge in [0.2, 0.25) is 0 Å². The van der Waals surface area contributed by atoms with Gasteiger partial charge >= 0.3 is 0 Å². The highest BCUT2D eigenvalue weighted by molar-refractivity contribution is 4.96. The van der Waals surface area contributed by atoms with Crippen LogP contribution in [0.3, 0.4) is 0 Å². The van der Waals surface area contributed by atoms with Crippen LogP contribution in [0.2, 0.25) is 0 Å². The Hall–Kier alpha value is -0.0800. The van der Waals surface area contributed by atoms with E-state index in [1.54, 1.807) is 0 Å². The second-order valence-corrected chi connectivity index (χ2v) is 5.05. The topological polar surface area (TPSA) is 40.5 Å². The molecule has 0 amide bonds. The van der Waals surface area contributed by atoms with E-state index in [1.165, 1.54) is 0 Å². The Bertz CT molecular complexity index is 135. The van der Waals surface area contributed by atoms with E-state index in [2.05, 4.69) is 20.8 Å². The van der Waals surface area contributed by atoms with E-state index < -0.39 is 12.2 Å². The molecule has 0 heterocycles. The summed E-state index contributed by atoms with van der Waals surface area (Å²) in [7, 11) is 0. The molecule has 2 heteroatoms. The molecule has 2 fully saturated rings. The van der Waals surface area contributed by atoms with Crippen molar-refractivity contribution in [2.45, 2.75) is 52.2 Å². The molecular weight excluding hydrogens is 164 g/mol. The zero-order chi connectivity index (χ0) is 10.0. The van der Waals surface area contributed by atoms with Crippen LogP contribution < -0.4 is 0 Å². The Labute approximate surface area is 81.0 Å². The second kappa shape index (κ2) is 4.43. The molecule has 2 saturated carbocycles. The van der Waals surface area contributed by atoms with Crippen LogP contribution in [0.5, 0.6) is 0 Å². The van der Waals surface area contributed by atoms with E-state index in [4.69, 9.17) is 0 Å². The quantitative estimate of drug-likeness (QED) is 0.605. The number of aliphatic hydroxyl groups is 2. The number of fused-ring (bicyclic) bond motifs is 2. The van der Waals surface area contributed by atoms with Gasteiger partial charge in [0.15, 0.2) is 0 Å². The number of hydrogen-bond donors (Lipinski definition) is 2. The zero-order valence-corrected chi connectivity index (χ0v) is 8.90. The van der Waals surface area contributed by atoms with Gasteiger partial charge in [-0.2, -0.15) is 0 Å². The molecule has 0 aromatic rings. The molecule has 4 atom stereocenters. The largest absolute Gasteiger partial charge is 0.390 e. The fourth-order valence-corrected chi connectivity index (χ4v) is 2.23. The van der Waals surface area contributed by atoms with E-state index in [0.29, 0.717) is 11.8 Å². The number of aliphatic hydroxyl groups excluding tert-OH is 2. The van der Waals surface area contributed by atoms with Crippen LogP contribution in [-0.2, 0) is 0 Å². The molecule has 0 aliphatic heterocycles. The first-order valence-corrected chi connectivity index (χ1v) is 5.38. The van der Waals surface area contributed by atoms with Gasteiger partial charge in [0.25, 0.3) is 0 Å². The van der Waals surface area contributed by atoms with Gasteiger partial charge in [-0.3, -0.25) is 0 Å². The van der Waals surface area contributed by atoms with Crippen molar-refractivity contribution in [3.8, 4) is 0 Å². The summed E-state index contributed by atoms with van der Waals surface area (Å²) in [6.07, 6.45) is 2.51. The van der Waals surface area contributed by atoms with Crippen LogP contribution in [0.1, 0.15) is 40.0 Å². The predicted octanol–water partition coefficient (Wildman–Crippen LogP) is 1.80. The van der Waals surface area contributed by atoms with Crippen molar-refractivity contribution in [2.75, 3.05) is 0 Å². The van der Waals surface area contributed by atoms with Crippen molar-refractivity contribution in [3.63, 3.8) is 0 Å².